The Balaban J connectivity index is 1.68. The number of likely N-dealkylation sites (tertiary alicyclic amines) is 1. The van der Waals surface area contributed by atoms with Crippen LogP contribution in [0.25, 0.3) is 0 Å². The van der Waals surface area contributed by atoms with Crippen LogP contribution in [-0.2, 0) is 6.54 Å². The van der Waals surface area contributed by atoms with Gasteiger partial charge in [-0.2, -0.15) is 0 Å². The lowest BCUT2D eigenvalue weighted by Gasteiger charge is -2.31. The van der Waals surface area contributed by atoms with Crippen molar-refractivity contribution in [2.45, 2.75) is 50.8 Å². The maximum atomic E-state index is 10.6. The third-order valence-electron chi connectivity index (χ3n) is 4.61. The van der Waals surface area contributed by atoms with Gasteiger partial charge in [0.1, 0.15) is 0 Å². The highest BCUT2D eigenvalue weighted by Crippen LogP contribution is 2.28. The van der Waals surface area contributed by atoms with Crippen LogP contribution >= 0.6 is 11.3 Å². The van der Waals surface area contributed by atoms with Crippen LogP contribution in [0.3, 0.4) is 0 Å². The lowest BCUT2D eigenvalue weighted by Crippen LogP contribution is -2.35. The van der Waals surface area contributed by atoms with Crippen molar-refractivity contribution in [2.75, 3.05) is 12.3 Å². The minimum absolute atomic E-state index is 0.395. The zero-order valence-electron chi connectivity index (χ0n) is 13.4. The zero-order valence-corrected chi connectivity index (χ0v) is 14.2. The number of nitrogens with zero attached hydrogens (tertiary/aromatic N) is 2. The van der Waals surface area contributed by atoms with Crippen molar-refractivity contribution < 1.29 is 5.11 Å². The zero-order chi connectivity index (χ0) is 16.1. The predicted octanol–water partition coefficient (Wildman–Crippen LogP) is 3.59. The molecular formula is C18H25N3OS. The molecule has 5 heteroatoms. The van der Waals surface area contributed by atoms with E-state index in [4.69, 9.17) is 5.73 Å². The number of aromatic nitrogens is 1. The lowest BCUT2D eigenvalue weighted by molar-refractivity contribution is 0.0980. The maximum Gasteiger partial charge on any atom is 0.180 e. The van der Waals surface area contributed by atoms with Crippen molar-refractivity contribution in [3.63, 3.8) is 0 Å². The largest absolute Gasteiger partial charge is 0.388 e. The second-order valence-electron chi connectivity index (χ2n) is 6.30. The number of hydrogen-bond acceptors (Lipinski definition) is 5. The van der Waals surface area contributed by atoms with Crippen LogP contribution in [0.1, 0.15) is 48.6 Å². The first-order valence-corrected chi connectivity index (χ1v) is 9.21. The van der Waals surface area contributed by atoms with Crippen molar-refractivity contribution in [3.8, 4) is 0 Å². The molecule has 124 valence electrons. The van der Waals surface area contributed by atoms with Crippen LogP contribution in [-0.4, -0.2) is 27.6 Å². The molecule has 23 heavy (non-hydrogen) atoms. The average Bonchev–Trinajstić information content (AvgIpc) is 2.85. The Labute approximate surface area is 142 Å². The number of hydrogen-bond donors (Lipinski definition) is 2. The van der Waals surface area contributed by atoms with Gasteiger partial charge < -0.3 is 10.8 Å². The van der Waals surface area contributed by atoms with E-state index in [9.17, 15) is 5.11 Å². The molecule has 2 atom stereocenters. The van der Waals surface area contributed by atoms with E-state index in [1.54, 1.807) is 11.3 Å². The number of benzene rings is 1. The number of aliphatic hydroxyl groups is 1. The number of aliphatic hydroxyl groups excluding tert-OH is 1. The SMILES string of the molecule is Nc1ncc(CN2CCCCCC2CC(O)c2ccccc2)s1. The Morgan fingerprint density at radius 1 is 1.26 bits per heavy atom. The monoisotopic (exact) mass is 331 g/mol. The Hall–Kier alpha value is -1.43. The molecule has 0 aliphatic carbocycles. The topological polar surface area (TPSA) is 62.4 Å². The van der Waals surface area contributed by atoms with Gasteiger partial charge >= 0.3 is 0 Å². The smallest absolute Gasteiger partial charge is 0.180 e. The second kappa shape index (κ2) is 7.90. The molecule has 0 spiro atoms. The Morgan fingerprint density at radius 2 is 2.09 bits per heavy atom. The van der Waals surface area contributed by atoms with E-state index in [1.165, 1.54) is 24.1 Å². The van der Waals surface area contributed by atoms with E-state index in [0.29, 0.717) is 11.2 Å². The van der Waals surface area contributed by atoms with Gasteiger partial charge in [-0.1, -0.05) is 43.2 Å². The van der Waals surface area contributed by atoms with E-state index in [1.807, 2.05) is 36.5 Å². The van der Waals surface area contributed by atoms with Crippen LogP contribution in [0.5, 0.6) is 0 Å². The first kappa shape index (κ1) is 16.4. The van der Waals surface area contributed by atoms with E-state index in [-0.39, 0.29) is 0 Å². The average molecular weight is 331 g/mol. The van der Waals surface area contributed by atoms with Crippen molar-refractivity contribution in [1.82, 2.24) is 9.88 Å². The molecule has 0 bridgehead atoms. The number of nitrogen functional groups attached to an aromatic ring is 1. The minimum Gasteiger partial charge on any atom is -0.388 e. The van der Waals surface area contributed by atoms with Gasteiger partial charge in [-0.25, -0.2) is 4.98 Å². The van der Waals surface area contributed by atoms with Crippen LogP contribution in [0.15, 0.2) is 36.5 Å². The van der Waals surface area contributed by atoms with Crippen molar-refractivity contribution in [2.24, 2.45) is 0 Å². The quantitative estimate of drug-likeness (QED) is 0.879. The second-order valence-corrected chi connectivity index (χ2v) is 7.45. The molecule has 2 heterocycles. The molecule has 4 nitrogen and oxygen atoms in total. The van der Waals surface area contributed by atoms with Gasteiger partial charge in [0.15, 0.2) is 5.13 Å². The fourth-order valence-electron chi connectivity index (χ4n) is 3.38. The van der Waals surface area contributed by atoms with E-state index < -0.39 is 6.10 Å². The van der Waals surface area contributed by atoms with Crippen LogP contribution in [0, 0.1) is 0 Å². The molecule has 1 aromatic heterocycles. The predicted molar refractivity (Wildman–Crippen MR) is 95.2 cm³/mol. The molecule has 1 fully saturated rings. The fourth-order valence-corrected chi connectivity index (χ4v) is 4.09. The van der Waals surface area contributed by atoms with Gasteiger partial charge in [0.25, 0.3) is 0 Å². The molecule has 2 unspecified atom stereocenters. The van der Waals surface area contributed by atoms with Gasteiger partial charge in [0.2, 0.25) is 0 Å². The summed E-state index contributed by atoms with van der Waals surface area (Å²) in [5.74, 6) is 0. The van der Waals surface area contributed by atoms with Crippen molar-refractivity contribution in [1.29, 1.82) is 0 Å². The standard InChI is InChI=1S/C18H25N3OS/c19-18-20-12-16(23-18)13-21-10-6-2-5-9-15(21)11-17(22)14-7-3-1-4-8-14/h1,3-4,7-8,12,15,17,22H,2,5-6,9-11,13H2,(H2,19,20). The lowest BCUT2D eigenvalue weighted by atomic mass is 9.98. The highest BCUT2D eigenvalue weighted by atomic mass is 32.1. The molecule has 1 saturated heterocycles. The van der Waals surface area contributed by atoms with E-state index in [2.05, 4.69) is 9.88 Å². The molecule has 1 aliphatic heterocycles. The van der Waals surface area contributed by atoms with E-state index in [0.717, 1.165) is 31.5 Å². The van der Waals surface area contributed by atoms with Crippen molar-refractivity contribution in [3.05, 3.63) is 47.0 Å². The Morgan fingerprint density at radius 3 is 2.83 bits per heavy atom. The molecule has 3 N–H and O–H groups in total. The van der Waals surface area contributed by atoms with Gasteiger partial charge in [-0.05, 0) is 31.4 Å². The summed E-state index contributed by atoms with van der Waals surface area (Å²) < 4.78 is 0. The molecular weight excluding hydrogens is 306 g/mol. The molecule has 0 radical (unpaired) electrons. The summed E-state index contributed by atoms with van der Waals surface area (Å²) >= 11 is 1.57. The summed E-state index contributed by atoms with van der Waals surface area (Å²) in [6.45, 7) is 1.98. The van der Waals surface area contributed by atoms with Crippen LogP contribution in [0.2, 0.25) is 0 Å². The number of nitrogens with two attached hydrogens (primary N) is 1. The Bertz CT molecular complexity index is 601. The van der Waals surface area contributed by atoms with Gasteiger partial charge in [-0.15, -0.1) is 11.3 Å². The molecule has 3 rings (SSSR count). The van der Waals surface area contributed by atoms with Crippen molar-refractivity contribution >= 4 is 16.5 Å². The van der Waals surface area contributed by atoms with E-state index >= 15 is 0 Å². The Kier molecular flexibility index (Phi) is 5.65. The first-order chi connectivity index (χ1) is 11.2. The molecule has 0 amide bonds. The minimum atomic E-state index is -0.395. The summed E-state index contributed by atoms with van der Waals surface area (Å²) in [4.78, 5) is 7.88. The van der Waals surface area contributed by atoms with Crippen LogP contribution < -0.4 is 5.73 Å². The maximum absolute atomic E-state index is 10.6. The third-order valence-corrected chi connectivity index (χ3v) is 5.42. The normalized spacial score (nSPS) is 21.0. The third kappa shape index (κ3) is 4.53. The first-order valence-electron chi connectivity index (χ1n) is 8.39. The molecule has 0 saturated carbocycles. The fraction of sp³-hybridized carbons (Fsp3) is 0.500. The highest BCUT2D eigenvalue weighted by Gasteiger charge is 2.24. The summed E-state index contributed by atoms with van der Waals surface area (Å²) in [7, 11) is 0. The van der Waals surface area contributed by atoms with Gasteiger partial charge in [0, 0.05) is 23.7 Å². The highest BCUT2D eigenvalue weighted by molar-refractivity contribution is 7.15. The number of rotatable bonds is 5. The molecule has 2 aromatic rings. The van der Waals surface area contributed by atoms with Crippen LogP contribution in [0.4, 0.5) is 5.13 Å². The summed E-state index contributed by atoms with van der Waals surface area (Å²) in [6, 6.07) is 10.4. The van der Waals surface area contributed by atoms with Gasteiger partial charge in [0.05, 0.1) is 6.10 Å². The van der Waals surface area contributed by atoms with Gasteiger partial charge in [-0.3, -0.25) is 4.90 Å². The molecule has 1 aliphatic rings. The summed E-state index contributed by atoms with van der Waals surface area (Å²) in [5, 5.41) is 11.2. The molecule has 1 aromatic carbocycles. The number of thiazole rings is 1. The summed E-state index contributed by atoms with van der Waals surface area (Å²) in [5.41, 5.74) is 6.77. The number of anilines is 1. The summed E-state index contributed by atoms with van der Waals surface area (Å²) in [6.07, 6.45) is 7.18.